The number of hydrogen-bond donors (Lipinski definition) is 0. The van der Waals surface area contributed by atoms with E-state index in [1.807, 2.05) is 0 Å². The van der Waals surface area contributed by atoms with Crippen LogP contribution in [0.3, 0.4) is 0 Å². The first-order valence-electron chi connectivity index (χ1n) is 5.04. The summed E-state index contributed by atoms with van der Waals surface area (Å²) in [7, 11) is 0. The van der Waals surface area contributed by atoms with Crippen LogP contribution in [0.2, 0.25) is 0 Å². The van der Waals surface area contributed by atoms with Crippen molar-refractivity contribution in [3.05, 3.63) is 34.4 Å². The van der Waals surface area contributed by atoms with Crippen LogP contribution >= 0.6 is 0 Å². The first kappa shape index (κ1) is 13.8. The van der Waals surface area contributed by atoms with Crippen molar-refractivity contribution in [3.8, 4) is 6.07 Å². The molecule has 0 spiro atoms. The summed E-state index contributed by atoms with van der Waals surface area (Å²) in [5.74, 6) is -0.943. The monoisotopic (exact) mass is 253 g/mol. The first-order chi connectivity index (χ1) is 8.56. The van der Waals surface area contributed by atoms with Gasteiger partial charge in [0, 0.05) is 5.56 Å². The number of nitrogens with zero attached hydrogens (tertiary/aromatic N) is 1. The molecule has 0 atom stereocenters. The van der Waals surface area contributed by atoms with Crippen LogP contribution in [-0.4, -0.2) is 18.9 Å². The number of halogens is 2. The van der Waals surface area contributed by atoms with Gasteiger partial charge >= 0.3 is 5.97 Å². The van der Waals surface area contributed by atoms with Gasteiger partial charge in [-0.2, -0.15) is 5.26 Å². The zero-order valence-corrected chi connectivity index (χ0v) is 9.44. The highest BCUT2D eigenvalue weighted by molar-refractivity contribution is 5.94. The molecule has 0 aliphatic heterocycles. The van der Waals surface area contributed by atoms with Crippen molar-refractivity contribution in [2.45, 2.75) is 13.3 Å². The van der Waals surface area contributed by atoms with Crippen LogP contribution in [0.4, 0.5) is 8.78 Å². The smallest absolute Gasteiger partial charge is 0.338 e. The Balaban J connectivity index is 3.50. The van der Waals surface area contributed by atoms with Crippen molar-refractivity contribution in [3.63, 3.8) is 0 Å². The highest BCUT2D eigenvalue weighted by atomic mass is 19.3. The molecule has 1 aromatic carbocycles. The number of hydrogen-bond acceptors (Lipinski definition) is 4. The third-order valence-electron chi connectivity index (χ3n) is 2.23. The van der Waals surface area contributed by atoms with Gasteiger partial charge in [0.05, 0.1) is 23.3 Å². The van der Waals surface area contributed by atoms with Crippen LogP contribution < -0.4 is 0 Å². The SMILES string of the molecule is CCOC(=O)c1ccc(C=O)c(C#N)c1C(F)F. The predicted octanol–water partition coefficient (Wildman–Crippen LogP) is 2.49. The van der Waals surface area contributed by atoms with Crippen molar-refractivity contribution in [2.24, 2.45) is 0 Å². The lowest BCUT2D eigenvalue weighted by atomic mass is 9.97. The molecule has 1 rings (SSSR count). The van der Waals surface area contributed by atoms with Crippen molar-refractivity contribution in [2.75, 3.05) is 6.61 Å². The van der Waals surface area contributed by atoms with Gasteiger partial charge in [0.2, 0.25) is 0 Å². The normalized spacial score (nSPS) is 9.94. The topological polar surface area (TPSA) is 67.2 Å². The lowest BCUT2D eigenvalue weighted by Gasteiger charge is -2.11. The number of alkyl halides is 2. The highest BCUT2D eigenvalue weighted by Gasteiger charge is 2.25. The Morgan fingerprint density at radius 3 is 2.67 bits per heavy atom. The largest absolute Gasteiger partial charge is 0.462 e. The lowest BCUT2D eigenvalue weighted by Crippen LogP contribution is -2.11. The predicted molar refractivity (Wildman–Crippen MR) is 57.5 cm³/mol. The van der Waals surface area contributed by atoms with Crippen molar-refractivity contribution < 1.29 is 23.1 Å². The minimum Gasteiger partial charge on any atom is -0.462 e. The quantitative estimate of drug-likeness (QED) is 0.610. The Kier molecular flexibility index (Phi) is 4.49. The number of nitriles is 1. The van der Waals surface area contributed by atoms with Crippen molar-refractivity contribution in [1.82, 2.24) is 0 Å². The lowest BCUT2D eigenvalue weighted by molar-refractivity contribution is 0.0515. The van der Waals surface area contributed by atoms with Crippen LogP contribution in [0.5, 0.6) is 0 Å². The average molecular weight is 253 g/mol. The summed E-state index contributed by atoms with van der Waals surface area (Å²) in [4.78, 5) is 22.1. The minimum absolute atomic E-state index is 0.0266. The molecule has 1 aromatic rings. The minimum atomic E-state index is -3.04. The van der Waals surface area contributed by atoms with Gasteiger partial charge in [0.1, 0.15) is 6.07 Å². The molecule has 4 nitrogen and oxygen atoms in total. The number of carbonyl (C=O) groups excluding carboxylic acids is 2. The van der Waals surface area contributed by atoms with E-state index in [-0.39, 0.29) is 12.2 Å². The van der Waals surface area contributed by atoms with Crippen LogP contribution in [0.25, 0.3) is 0 Å². The molecule has 94 valence electrons. The summed E-state index contributed by atoms with van der Waals surface area (Å²) < 4.78 is 30.5. The number of carbonyl (C=O) groups is 2. The van der Waals surface area contributed by atoms with E-state index >= 15 is 0 Å². The molecule has 0 fully saturated rings. The molecule has 0 bridgehead atoms. The third-order valence-corrected chi connectivity index (χ3v) is 2.23. The Labute approximate surface area is 102 Å². The van der Waals surface area contributed by atoms with Gasteiger partial charge in [-0.05, 0) is 19.1 Å². The van der Waals surface area contributed by atoms with Crippen LogP contribution in [0.15, 0.2) is 12.1 Å². The molecule has 0 aliphatic carbocycles. The summed E-state index contributed by atoms with van der Waals surface area (Å²) in [5, 5.41) is 8.82. The Hall–Kier alpha value is -2.29. The van der Waals surface area contributed by atoms with E-state index < -0.39 is 29.1 Å². The summed E-state index contributed by atoms with van der Waals surface area (Å²) >= 11 is 0. The molecular weight excluding hydrogens is 244 g/mol. The molecule has 6 heteroatoms. The van der Waals surface area contributed by atoms with Gasteiger partial charge in [0.25, 0.3) is 6.43 Å². The number of rotatable bonds is 4. The van der Waals surface area contributed by atoms with E-state index in [1.165, 1.54) is 13.0 Å². The van der Waals surface area contributed by atoms with Crippen molar-refractivity contribution >= 4 is 12.3 Å². The van der Waals surface area contributed by atoms with Crippen LogP contribution in [0, 0.1) is 11.3 Å². The molecule has 0 aromatic heterocycles. The summed E-state index contributed by atoms with van der Waals surface area (Å²) in [6.07, 6.45) is -2.75. The van der Waals surface area contributed by atoms with Gasteiger partial charge < -0.3 is 4.74 Å². The fourth-order valence-corrected chi connectivity index (χ4v) is 1.47. The first-order valence-corrected chi connectivity index (χ1v) is 5.04. The fourth-order valence-electron chi connectivity index (χ4n) is 1.47. The van der Waals surface area contributed by atoms with E-state index in [4.69, 9.17) is 5.26 Å². The van der Waals surface area contributed by atoms with E-state index in [2.05, 4.69) is 4.74 Å². The van der Waals surface area contributed by atoms with E-state index in [9.17, 15) is 18.4 Å². The maximum Gasteiger partial charge on any atom is 0.338 e. The van der Waals surface area contributed by atoms with Gasteiger partial charge in [-0.15, -0.1) is 0 Å². The zero-order chi connectivity index (χ0) is 13.7. The highest BCUT2D eigenvalue weighted by Crippen LogP contribution is 2.29. The number of aldehydes is 1. The number of benzene rings is 1. The van der Waals surface area contributed by atoms with Crippen LogP contribution in [0.1, 0.15) is 45.2 Å². The summed E-state index contributed by atoms with van der Waals surface area (Å²) in [6, 6.07) is 3.72. The second kappa shape index (κ2) is 5.87. The molecule has 0 N–H and O–H groups in total. The molecule has 0 saturated carbocycles. The second-order valence-corrected chi connectivity index (χ2v) is 3.24. The summed E-state index contributed by atoms with van der Waals surface area (Å²) in [6.45, 7) is 1.56. The van der Waals surface area contributed by atoms with Crippen LogP contribution in [-0.2, 0) is 4.74 Å². The van der Waals surface area contributed by atoms with Crippen molar-refractivity contribution in [1.29, 1.82) is 5.26 Å². The molecule has 0 amide bonds. The summed E-state index contributed by atoms with van der Waals surface area (Å²) in [5.41, 5.74) is -1.83. The van der Waals surface area contributed by atoms with Gasteiger partial charge in [-0.3, -0.25) is 4.79 Å². The molecule has 0 aliphatic rings. The van der Waals surface area contributed by atoms with Gasteiger partial charge in [-0.1, -0.05) is 0 Å². The molecule has 0 saturated heterocycles. The van der Waals surface area contributed by atoms with E-state index in [0.29, 0.717) is 6.29 Å². The number of esters is 1. The third kappa shape index (κ3) is 2.51. The molecule has 0 unspecified atom stereocenters. The number of ether oxygens (including phenoxy) is 1. The molecule has 0 heterocycles. The average Bonchev–Trinajstić information content (AvgIpc) is 2.36. The maximum absolute atomic E-state index is 12.9. The Bertz CT molecular complexity index is 521. The Morgan fingerprint density at radius 1 is 1.56 bits per heavy atom. The zero-order valence-electron chi connectivity index (χ0n) is 9.44. The van der Waals surface area contributed by atoms with E-state index in [1.54, 1.807) is 0 Å². The Morgan fingerprint density at radius 2 is 2.22 bits per heavy atom. The molecule has 0 radical (unpaired) electrons. The second-order valence-electron chi connectivity index (χ2n) is 3.24. The standard InChI is InChI=1S/C12H9F2NO3/c1-2-18-12(17)8-4-3-7(6-16)9(5-15)10(8)11(13)14/h3-4,6,11H,2H2,1H3. The van der Waals surface area contributed by atoms with Gasteiger partial charge in [0.15, 0.2) is 6.29 Å². The van der Waals surface area contributed by atoms with Gasteiger partial charge in [-0.25, -0.2) is 13.6 Å². The maximum atomic E-state index is 12.9. The van der Waals surface area contributed by atoms with E-state index in [0.717, 1.165) is 12.1 Å². The fraction of sp³-hybridized carbons (Fsp3) is 0.250. The molecular formula is C12H9F2NO3. The molecule has 18 heavy (non-hydrogen) atoms.